The quantitative estimate of drug-likeness (QED) is 0.621. The number of methoxy groups -OCH3 is 2. The lowest BCUT2D eigenvalue weighted by atomic mass is 10.1. The third-order valence-electron chi connectivity index (χ3n) is 2.29. The van der Waals surface area contributed by atoms with Crippen molar-refractivity contribution in [1.82, 2.24) is 0 Å². The molecule has 0 N–H and O–H groups in total. The van der Waals surface area contributed by atoms with Crippen molar-refractivity contribution in [2.24, 2.45) is 0 Å². The van der Waals surface area contributed by atoms with Crippen molar-refractivity contribution in [3.8, 4) is 0 Å². The average Bonchev–Trinajstić information content (AvgIpc) is 2.41. The highest BCUT2D eigenvalue weighted by Gasteiger charge is 2.15. The fraction of sp³-hybridized carbons (Fsp3) is 0.231. The third-order valence-corrected chi connectivity index (χ3v) is 2.29. The highest BCUT2D eigenvalue weighted by Crippen LogP contribution is 2.15. The van der Waals surface area contributed by atoms with Crippen molar-refractivity contribution in [1.29, 1.82) is 0 Å². The Morgan fingerprint density at radius 1 is 1.16 bits per heavy atom. The van der Waals surface area contributed by atoms with Gasteiger partial charge in [0.05, 0.1) is 20.6 Å². The van der Waals surface area contributed by atoms with Gasteiger partial charge in [-0.05, 0) is 23.8 Å². The lowest BCUT2D eigenvalue weighted by Crippen LogP contribution is -2.11. The van der Waals surface area contributed by atoms with Gasteiger partial charge >= 0.3 is 11.9 Å². The van der Waals surface area contributed by atoms with Crippen molar-refractivity contribution in [2.75, 3.05) is 14.2 Å². The number of carbonyl (C=O) groups excluding carboxylic acids is 2. The number of esters is 2. The van der Waals surface area contributed by atoms with E-state index in [9.17, 15) is 18.4 Å². The Balaban J connectivity index is 3.08. The SMILES string of the molecule is COC(=O)C/C(=C\c1ccc(F)c(F)c1)C(=O)OC. The Hall–Kier alpha value is -2.24. The van der Waals surface area contributed by atoms with Gasteiger partial charge in [-0.2, -0.15) is 0 Å². The molecule has 102 valence electrons. The predicted octanol–water partition coefficient (Wildman–Crippen LogP) is 2.08. The first kappa shape index (κ1) is 14.8. The maximum absolute atomic E-state index is 13.0. The van der Waals surface area contributed by atoms with E-state index in [4.69, 9.17) is 0 Å². The molecule has 0 saturated carbocycles. The zero-order valence-corrected chi connectivity index (χ0v) is 10.4. The van der Waals surface area contributed by atoms with Crippen LogP contribution in [0.1, 0.15) is 12.0 Å². The van der Waals surface area contributed by atoms with Crippen LogP contribution < -0.4 is 0 Å². The second kappa shape index (κ2) is 6.63. The van der Waals surface area contributed by atoms with E-state index in [-0.39, 0.29) is 17.6 Å². The van der Waals surface area contributed by atoms with E-state index < -0.39 is 23.6 Å². The summed E-state index contributed by atoms with van der Waals surface area (Å²) in [5.74, 6) is -3.42. The van der Waals surface area contributed by atoms with Gasteiger partial charge in [-0.15, -0.1) is 0 Å². The van der Waals surface area contributed by atoms with Crippen molar-refractivity contribution in [3.05, 3.63) is 41.0 Å². The zero-order valence-electron chi connectivity index (χ0n) is 10.4. The summed E-state index contributed by atoms with van der Waals surface area (Å²) in [7, 11) is 2.33. The minimum Gasteiger partial charge on any atom is -0.469 e. The average molecular weight is 270 g/mol. The summed E-state index contributed by atoms with van der Waals surface area (Å²) in [5, 5.41) is 0. The van der Waals surface area contributed by atoms with Gasteiger partial charge in [-0.25, -0.2) is 13.6 Å². The first-order valence-electron chi connectivity index (χ1n) is 5.28. The van der Waals surface area contributed by atoms with Gasteiger partial charge in [0.1, 0.15) is 0 Å². The topological polar surface area (TPSA) is 52.6 Å². The van der Waals surface area contributed by atoms with Crippen LogP contribution in [0.5, 0.6) is 0 Å². The molecule has 0 heterocycles. The molecule has 0 fully saturated rings. The Morgan fingerprint density at radius 2 is 1.84 bits per heavy atom. The van der Waals surface area contributed by atoms with Crippen LogP contribution >= 0.6 is 0 Å². The maximum Gasteiger partial charge on any atom is 0.334 e. The Labute approximate surface area is 108 Å². The molecule has 0 aromatic heterocycles. The molecule has 0 spiro atoms. The second-order valence-electron chi connectivity index (χ2n) is 3.59. The highest BCUT2D eigenvalue weighted by molar-refractivity contribution is 5.98. The number of hydrogen-bond donors (Lipinski definition) is 0. The van der Waals surface area contributed by atoms with Gasteiger partial charge in [0.2, 0.25) is 0 Å². The highest BCUT2D eigenvalue weighted by atomic mass is 19.2. The maximum atomic E-state index is 13.0. The van der Waals surface area contributed by atoms with E-state index >= 15 is 0 Å². The standard InChI is InChI=1S/C13H12F2O4/c1-18-12(16)7-9(13(17)19-2)5-8-3-4-10(14)11(15)6-8/h3-6H,7H2,1-2H3/b9-5+. The van der Waals surface area contributed by atoms with Crippen LogP contribution in [0.4, 0.5) is 8.78 Å². The monoisotopic (exact) mass is 270 g/mol. The first-order chi connectivity index (χ1) is 8.97. The molecule has 0 bridgehead atoms. The smallest absolute Gasteiger partial charge is 0.334 e. The largest absolute Gasteiger partial charge is 0.469 e. The number of carbonyl (C=O) groups is 2. The van der Waals surface area contributed by atoms with Gasteiger partial charge in [-0.3, -0.25) is 4.79 Å². The molecular formula is C13H12F2O4. The molecule has 0 atom stereocenters. The molecule has 0 radical (unpaired) electrons. The minimum atomic E-state index is -1.05. The summed E-state index contributed by atoms with van der Waals surface area (Å²) < 4.78 is 34.7. The molecule has 1 aromatic carbocycles. The van der Waals surface area contributed by atoms with Crippen LogP contribution in [0.25, 0.3) is 6.08 Å². The van der Waals surface area contributed by atoms with E-state index in [1.165, 1.54) is 19.3 Å². The van der Waals surface area contributed by atoms with Gasteiger partial charge < -0.3 is 9.47 Å². The fourth-order valence-corrected chi connectivity index (χ4v) is 1.34. The summed E-state index contributed by atoms with van der Waals surface area (Å²) in [5.41, 5.74) is 0.226. The molecule has 0 amide bonds. The van der Waals surface area contributed by atoms with Gasteiger partial charge in [0.15, 0.2) is 11.6 Å². The second-order valence-corrected chi connectivity index (χ2v) is 3.59. The summed E-state index contributed by atoms with van der Waals surface area (Å²) in [4.78, 5) is 22.6. The molecule has 1 aromatic rings. The van der Waals surface area contributed by atoms with Crippen molar-refractivity contribution < 1.29 is 27.8 Å². The van der Waals surface area contributed by atoms with E-state index in [1.54, 1.807) is 0 Å². The molecule has 1 rings (SSSR count). The molecule has 0 aliphatic carbocycles. The van der Waals surface area contributed by atoms with E-state index in [0.29, 0.717) is 0 Å². The lowest BCUT2D eigenvalue weighted by molar-refractivity contribution is -0.143. The Bertz CT molecular complexity index is 523. The van der Waals surface area contributed by atoms with Crippen molar-refractivity contribution >= 4 is 18.0 Å². The summed E-state index contributed by atoms with van der Waals surface area (Å²) in [6.07, 6.45) is 0.924. The zero-order chi connectivity index (χ0) is 14.4. The van der Waals surface area contributed by atoms with Crippen LogP contribution in [0.2, 0.25) is 0 Å². The van der Waals surface area contributed by atoms with Gasteiger partial charge in [0.25, 0.3) is 0 Å². The molecule has 0 saturated heterocycles. The normalized spacial score (nSPS) is 11.1. The van der Waals surface area contributed by atoms with Gasteiger partial charge in [-0.1, -0.05) is 6.07 Å². The van der Waals surface area contributed by atoms with E-state index in [2.05, 4.69) is 9.47 Å². The molecular weight excluding hydrogens is 258 g/mol. The van der Waals surface area contributed by atoms with Crippen LogP contribution in [0, 0.1) is 11.6 Å². The van der Waals surface area contributed by atoms with Crippen LogP contribution in [0.15, 0.2) is 23.8 Å². The number of halogens is 2. The lowest BCUT2D eigenvalue weighted by Gasteiger charge is -2.05. The Kier molecular flexibility index (Phi) is 5.17. The summed E-state index contributed by atoms with van der Waals surface area (Å²) in [6.45, 7) is 0. The summed E-state index contributed by atoms with van der Waals surface area (Å²) in [6, 6.07) is 3.11. The van der Waals surface area contributed by atoms with Crippen molar-refractivity contribution in [3.63, 3.8) is 0 Å². The molecule has 6 heteroatoms. The molecule has 0 aliphatic heterocycles. The molecule has 4 nitrogen and oxygen atoms in total. The Morgan fingerprint density at radius 3 is 2.37 bits per heavy atom. The minimum absolute atomic E-state index is 0.0136. The van der Waals surface area contributed by atoms with E-state index in [0.717, 1.165) is 19.2 Å². The van der Waals surface area contributed by atoms with Crippen LogP contribution in [0.3, 0.4) is 0 Å². The third kappa shape index (κ3) is 4.17. The number of benzene rings is 1. The van der Waals surface area contributed by atoms with Gasteiger partial charge in [0, 0.05) is 5.57 Å². The number of hydrogen-bond acceptors (Lipinski definition) is 4. The summed E-state index contributed by atoms with van der Waals surface area (Å²) >= 11 is 0. The molecule has 19 heavy (non-hydrogen) atoms. The van der Waals surface area contributed by atoms with Crippen LogP contribution in [-0.4, -0.2) is 26.2 Å². The van der Waals surface area contributed by atoms with Crippen molar-refractivity contribution in [2.45, 2.75) is 6.42 Å². The molecule has 0 unspecified atom stereocenters. The van der Waals surface area contributed by atoms with E-state index in [1.807, 2.05) is 0 Å². The predicted molar refractivity (Wildman–Crippen MR) is 63.0 cm³/mol. The number of ether oxygens (including phenoxy) is 2. The fourth-order valence-electron chi connectivity index (χ4n) is 1.34. The van der Waals surface area contributed by atoms with Crippen LogP contribution in [-0.2, 0) is 19.1 Å². The molecule has 0 aliphatic rings. The first-order valence-corrected chi connectivity index (χ1v) is 5.28. The number of rotatable bonds is 4.